The first-order valence-electron chi connectivity index (χ1n) is 2.77. The fourth-order valence-corrected chi connectivity index (χ4v) is 0.777. The van der Waals surface area contributed by atoms with E-state index in [1.807, 2.05) is 0 Å². The topological polar surface area (TPSA) is 53.0 Å². The van der Waals surface area contributed by atoms with Crippen molar-refractivity contribution >= 4 is 29.8 Å². The van der Waals surface area contributed by atoms with Gasteiger partial charge in [0.25, 0.3) is 5.82 Å². The Morgan fingerprint density at radius 1 is 1.55 bits per heavy atom. The lowest BCUT2D eigenvalue weighted by molar-refractivity contribution is -0.596. The van der Waals surface area contributed by atoms with E-state index in [1.54, 1.807) is 13.0 Å². The van der Waals surface area contributed by atoms with Crippen molar-refractivity contribution < 1.29 is 4.73 Å². The molecule has 0 bridgehead atoms. The lowest BCUT2D eigenvalue weighted by Gasteiger charge is -2.08. The predicted molar refractivity (Wildman–Crippen MR) is 46.8 cm³/mol. The van der Waals surface area contributed by atoms with Crippen LogP contribution in [0.25, 0.3) is 0 Å². The van der Waals surface area contributed by atoms with Crippen LogP contribution in [0.4, 0.5) is 5.82 Å². The normalized spacial score (nSPS) is 8.91. The van der Waals surface area contributed by atoms with Crippen LogP contribution in [0.5, 0.6) is 0 Å². The van der Waals surface area contributed by atoms with Gasteiger partial charge >= 0.3 is 0 Å². The van der Waals surface area contributed by atoms with Crippen molar-refractivity contribution in [3.05, 3.63) is 28.1 Å². The smallest absolute Gasteiger partial charge is 0.275 e. The quantitative estimate of drug-likeness (QED) is 0.500. The summed E-state index contributed by atoms with van der Waals surface area (Å²) in [7, 11) is 0. The molecule has 0 atom stereocenters. The third-order valence-corrected chi connectivity index (χ3v) is 1.68. The Hall–Kier alpha value is -0.670. The van der Waals surface area contributed by atoms with Crippen LogP contribution in [-0.2, 0) is 0 Å². The standard InChI is InChI=1S/C6H7ClN2O.ClH/c1-4-5(7)2-3-6(8)9(4)10;/h2-3H,8H2,1H3;1H. The van der Waals surface area contributed by atoms with Gasteiger partial charge in [-0.25, -0.2) is 4.73 Å². The number of nitrogens with two attached hydrogens (primary N) is 1. The molecule has 1 aromatic rings. The predicted octanol–water partition coefficient (Wildman–Crippen LogP) is 1.29. The molecule has 0 fully saturated rings. The van der Waals surface area contributed by atoms with Crippen LogP contribution in [0, 0.1) is 12.1 Å². The fraction of sp³-hybridized carbons (Fsp3) is 0.167. The maximum Gasteiger partial charge on any atom is 0.275 e. The molecule has 3 nitrogen and oxygen atoms in total. The van der Waals surface area contributed by atoms with Crippen molar-refractivity contribution in [1.29, 1.82) is 0 Å². The summed E-state index contributed by atoms with van der Waals surface area (Å²) in [6.45, 7) is 1.62. The Bertz CT molecular complexity index is 238. The Labute approximate surface area is 75.8 Å². The van der Waals surface area contributed by atoms with E-state index in [-0.39, 0.29) is 18.2 Å². The minimum absolute atomic E-state index is 0. The first kappa shape index (κ1) is 10.3. The molecule has 2 N–H and O–H groups in total. The minimum atomic E-state index is 0. The molecule has 0 saturated heterocycles. The molecule has 0 aliphatic carbocycles. The Balaban J connectivity index is 0.000001000. The van der Waals surface area contributed by atoms with Gasteiger partial charge in [-0.05, 0) is 13.0 Å². The molecular weight excluding hydrogens is 187 g/mol. The zero-order valence-corrected chi connectivity index (χ0v) is 7.45. The van der Waals surface area contributed by atoms with Crippen LogP contribution in [0.3, 0.4) is 0 Å². The monoisotopic (exact) mass is 194 g/mol. The zero-order valence-electron chi connectivity index (χ0n) is 5.87. The second-order valence-electron chi connectivity index (χ2n) is 1.99. The Kier molecular flexibility index (Phi) is 3.42. The van der Waals surface area contributed by atoms with Crippen molar-refractivity contribution in [2.75, 3.05) is 5.73 Å². The maximum absolute atomic E-state index is 10.9. The molecule has 62 valence electrons. The minimum Gasteiger partial charge on any atom is -0.710 e. The molecule has 1 rings (SSSR count). The number of hydrogen-bond donors (Lipinski definition) is 1. The van der Waals surface area contributed by atoms with Crippen molar-refractivity contribution in [3.8, 4) is 0 Å². The average molecular weight is 195 g/mol. The second kappa shape index (κ2) is 3.64. The van der Waals surface area contributed by atoms with E-state index < -0.39 is 0 Å². The van der Waals surface area contributed by atoms with Gasteiger partial charge in [0.1, 0.15) is 5.69 Å². The van der Waals surface area contributed by atoms with Gasteiger partial charge in [-0.1, -0.05) is 11.6 Å². The van der Waals surface area contributed by atoms with Crippen molar-refractivity contribution in [1.82, 2.24) is 0 Å². The highest BCUT2D eigenvalue weighted by Gasteiger charge is 2.02. The highest BCUT2D eigenvalue weighted by molar-refractivity contribution is 6.31. The Morgan fingerprint density at radius 3 is 2.55 bits per heavy atom. The van der Waals surface area contributed by atoms with Gasteiger partial charge in [-0.15, -0.1) is 12.4 Å². The summed E-state index contributed by atoms with van der Waals surface area (Å²) in [6, 6.07) is 3.07. The molecule has 1 aromatic heterocycles. The van der Waals surface area contributed by atoms with E-state index in [0.717, 1.165) is 0 Å². The van der Waals surface area contributed by atoms with Crippen LogP contribution in [0.15, 0.2) is 12.1 Å². The van der Waals surface area contributed by atoms with Crippen molar-refractivity contribution in [3.63, 3.8) is 0 Å². The van der Waals surface area contributed by atoms with E-state index in [4.69, 9.17) is 17.3 Å². The number of rotatable bonds is 0. The Morgan fingerprint density at radius 2 is 2.09 bits per heavy atom. The van der Waals surface area contributed by atoms with Gasteiger partial charge in [-0.3, -0.25) is 5.73 Å². The summed E-state index contributed by atoms with van der Waals surface area (Å²) >= 11 is 5.61. The van der Waals surface area contributed by atoms with E-state index >= 15 is 0 Å². The number of halogens is 2. The summed E-state index contributed by atoms with van der Waals surface area (Å²) in [6.07, 6.45) is 0. The molecule has 0 saturated carbocycles. The van der Waals surface area contributed by atoms with E-state index in [9.17, 15) is 5.21 Å². The SMILES string of the molecule is Cc1c(Cl)ccc(N)[n+]1[O-].Cl. The van der Waals surface area contributed by atoms with Crippen molar-refractivity contribution in [2.45, 2.75) is 6.92 Å². The lowest BCUT2D eigenvalue weighted by Crippen LogP contribution is -2.33. The van der Waals surface area contributed by atoms with E-state index in [1.165, 1.54) is 6.07 Å². The van der Waals surface area contributed by atoms with Gasteiger partial charge in [0.05, 0.1) is 5.02 Å². The number of nitrogen functional groups attached to an aromatic ring is 1. The molecule has 0 aromatic carbocycles. The van der Waals surface area contributed by atoms with Crippen LogP contribution in [0.2, 0.25) is 5.02 Å². The fourth-order valence-electron chi connectivity index (χ4n) is 0.637. The van der Waals surface area contributed by atoms with E-state index in [0.29, 0.717) is 15.4 Å². The molecule has 0 amide bonds. The molecule has 0 radical (unpaired) electrons. The molecular formula is C6H8Cl2N2O. The molecule has 0 aliphatic rings. The molecule has 1 heterocycles. The summed E-state index contributed by atoms with van der Waals surface area (Å²) in [5.74, 6) is 0.168. The third kappa shape index (κ3) is 1.88. The number of aromatic nitrogens is 1. The molecule has 5 heteroatoms. The summed E-state index contributed by atoms with van der Waals surface area (Å²) < 4.78 is 0.600. The molecule has 0 aliphatic heterocycles. The van der Waals surface area contributed by atoms with Gasteiger partial charge in [0.15, 0.2) is 0 Å². The molecule has 0 spiro atoms. The maximum atomic E-state index is 10.9. The molecule has 0 unspecified atom stereocenters. The number of hydrogen-bond acceptors (Lipinski definition) is 2. The molecule has 11 heavy (non-hydrogen) atoms. The summed E-state index contributed by atoms with van der Waals surface area (Å²) in [4.78, 5) is 0. The van der Waals surface area contributed by atoms with Crippen LogP contribution < -0.4 is 10.5 Å². The van der Waals surface area contributed by atoms with Gasteiger partial charge in [0, 0.05) is 6.07 Å². The van der Waals surface area contributed by atoms with Crippen LogP contribution in [-0.4, -0.2) is 0 Å². The largest absolute Gasteiger partial charge is 0.710 e. The van der Waals surface area contributed by atoms with Crippen LogP contribution in [0.1, 0.15) is 5.69 Å². The lowest BCUT2D eigenvalue weighted by atomic mass is 10.4. The third-order valence-electron chi connectivity index (χ3n) is 1.29. The van der Waals surface area contributed by atoms with Crippen LogP contribution >= 0.6 is 24.0 Å². The van der Waals surface area contributed by atoms with Gasteiger partial charge in [-0.2, -0.15) is 0 Å². The summed E-state index contributed by atoms with van der Waals surface area (Å²) in [5, 5.41) is 11.3. The van der Waals surface area contributed by atoms with Gasteiger partial charge < -0.3 is 5.21 Å². The highest BCUT2D eigenvalue weighted by Crippen LogP contribution is 2.11. The first-order valence-corrected chi connectivity index (χ1v) is 3.15. The number of pyridine rings is 1. The zero-order chi connectivity index (χ0) is 7.72. The average Bonchev–Trinajstić information content (AvgIpc) is 1.93. The number of nitrogens with zero attached hydrogens (tertiary/aromatic N) is 1. The second-order valence-corrected chi connectivity index (χ2v) is 2.39. The first-order chi connectivity index (χ1) is 4.63. The van der Waals surface area contributed by atoms with Gasteiger partial charge in [0.2, 0.25) is 0 Å². The number of anilines is 1. The van der Waals surface area contributed by atoms with Crippen molar-refractivity contribution in [2.24, 2.45) is 0 Å². The highest BCUT2D eigenvalue weighted by atomic mass is 35.5. The summed E-state index contributed by atoms with van der Waals surface area (Å²) in [5.41, 5.74) is 5.71. The van der Waals surface area contributed by atoms with E-state index in [2.05, 4.69) is 0 Å².